The zero-order chi connectivity index (χ0) is 8.15. The second-order valence-electron chi connectivity index (χ2n) is 2.81. The van der Waals surface area contributed by atoms with Gasteiger partial charge in [-0.15, -0.1) is 0 Å². The molecule has 0 aliphatic heterocycles. The van der Waals surface area contributed by atoms with Crippen LogP contribution >= 0.6 is 0 Å². The maximum atomic E-state index is 9.06. The molecule has 0 aromatic heterocycles. The second-order valence-corrected chi connectivity index (χ2v) is 2.81. The van der Waals surface area contributed by atoms with E-state index in [1.54, 1.807) is 19.1 Å². The summed E-state index contributed by atoms with van der Waals surface area (Å²) in [4.78, 5) is 4.91. The van der Waals surface area contributed by atoms with E-state index in [1.165, 1.54) is 0 Å². The minimum atomic E-state index is -0.521. The number of hydroxylamine groups is 2. The highest BCUT2D eigenvalue weighted by molar-refractivity contribution is 4.49. The molecule has 62 valence electrons. The zero-order valence-electron chi connectivity index (χ0n) is 7.16. The Labute approximate surface area is 62.6 Å². The Hall–Kier alpha value is -0.120. The van der Waals surface area contributed by atoms with Crippen molar-refractivity contribution >= 4 is 0 Å². The summed E-state index contributed by atoms with van der Waals surface area (Å²) >= 11 is 0. The van der Waals surface area contributed by atoms with Crippen molar-refractivity contribution in [2.24, 2.45) is 5.92 Å². The van der Waals surface area contributed by atoms with Crippen molar-refractivity contribution < 1.29 is 9.94 Å². The standard InChI is InChI=1S/C7H17NO2/c1-6(2)5-8(10-4)7(3)9/h6-7,9H,5H2,1-4H3. The van der Waals surface area contributed by atoms with Crippen LogP contribution in [0.5, 0.6) is 0 Å². The minimum absolute atomic E-state index is 0.509. The summed E-state index contributed by atoms with van der Waals surface area (Å²) in [6.45, 7) is 6.60. The molecule has 0 aromatic rings. The zero-order valence-corrected chi connectivity index (χ0v) is 7.16. The fourth-order valence-corrected chi connectivity index (χ4v) is 0.740. The van der Waals surface area contributed by atoms with Gasteiger partial charge in [0.1, 0.15) is 6.23 Å². The summed E-state index contributed by atoms with van der Waals surface area (Å²) in [6, 6.07) is 0. The lowest BCUT2D eigenvalue weighted by molar-refractivity contribution is -0.218. The maximum absolute atomic E-state index is 9.06. The SMILES string of the molecule is CON(CC(C)C)C(C)O. The monoisotopic (exact) mass is 147 g/mol. The fraction of sp³-hybridized carbons (Fsp3) is 1.00. The van der Waals surface area contributed by atoms with E-state index < -0.39 is 6.23 Å². The highest BCUT2D eigenvalue weighted by atomic mass is 16.7. The van der Waals surface area contributed by atoms with E-state index in [2.05, 4.69) is 13.8 Å². The molecule has 3 nitrogen and oxygen atoms in total. The van der Waals surface area contributed by atoms with Gasteiger partial charge in [-0.3, -0.25) is 4.84 Å². The van der Waals surface area contributed by atoms with Crippen LogP contribution in [0, 0.1) is 5.92 Å². The minimum Gasteiger partial charge on any atom is -0.377 e. The van der Waals surface area contributed by atoms with E-state index >= 15 is 0 Å². The summed E-state index contributed by atoms with van der Waals surface area (Å²) in [5.41, 5.74) is 0. The van der Waals surface area contributed by atoms with Gasteiger partial charge in [0.05, 0.1) is 7.11 Å². The molecule has 1 unspecified atom stereocenters. The van der Waals surface area contributed by atoms with Gasteiger partial charge < -0.3 is 5.11 Å². The topological polar surface area (TPSA) is 32.7 Å². The molecule has 0 spiro atoms. The van der Waals surface area contributed by atoms with Crippen molar-refractivity contribution in [1.29, 1.82) is 0 Å². The molecule has 0 rings (SSSR count). The molecular formula is C7H17NO2. The summed E-state index contributed by atoms with van der Waals surface area (Å²) in [5.74, 6) is 0.509. The fourth-order valence-electron chi connectivity index (χ4n) is 0.740. The van der Waals surface area contributed by atoms with Crippen LogP contribution in [-0.4, -0.2) is 30.1 Å². The number of aliphatic hydroxyl groups is 1. The lowest BCUT2D eigenvalue weighted by Gasteiger charge is -2.23. The first-order chi connectivity index (χ1) is 4.57. The molecular weight excluding hydrogens is 130 g/mol. The lowest BCUT2D eigenvalue weighted by atomic mass is 10.2. The van der Waals surface area contributed by atoms with Crippen LogP contribution in [0.4, 0.5) is 0 Å². The molecule has 10 heavy (non-hydrogen) atoms. The third-order valence-electron chi connectivity index (χ3n) is 1.20. The average molecular weight is 147 g/mol. The average Bonchev–Trinajstić information content (AvgIpc) is 1.81. The Bertz CT molecular complexity index is 83.7. The molecule has 3 heteroatoms. The van der Waals surface area contributed by atoms with E-state index in [1.807, 2.05) is 0 Å². The molecule has 0 heterocycles. The normalized spacial score (nSPS) is 14.7. The van der Waals surface area contributed by atoms with Crippen molar-refractivity contribution in [3.63, 3.8) is 0 Å². The van der Waals surface area contributed by atoms with Crippen molar-refractivity contribution in [3.8, 4) is 0 Å². The largest absolute Gasteiger partial charge is 0.377 e. The number of hydrogen-bond donors (Lipinski definition) is 1. The van der Waals surface area contributed by atoms with Crippen LogP contribution in [0.15, 0.2) is 0 Å². The van der Waals surface area contributed by atoms with Crippen molar-refractivity contribution in [3.05, 3.63) is 0 Å². The Kier molecular flexibility index (Phi) is 4.60. The number of nitrogens with zero attached hydrogens (tertiary/aromatic N) is 1. The first-order valence-corrected chi connectivity index (χ1v) is 3.56. The summed E-state index contributed by atoms with van der Waals surface area (Å²) in [7, 11) is 1.56. The van der Waals surface area contributed by atoms with E-state index in [-0.39, 0.29) is 0 Å². The smallest absolute Gasteiger partial charge is 0.127 e. The highest BCUT2D eigenvalue weighted by Gasteiger charge is 2.10. The van der Waals surface area contributed by atoms with Gasteiger partial charge in [-0.2, -0.15) is 5.06 Å². The Morgan fingerprint density at radius 1 is 1.40 bits per heavy atom. The molecule has 0 aliphatic carbocycles. The van der Waals surface area contributed by atoms with Crippen molar-refractivity contribution in [2.75, 3.05) is 13.7 Å². The van der Waals surface area contributed by atoms with Crippen LogP contribution in [-0.2, 0) is 4.84 Å². The number of aliphatic hydroxyl groups excluding tert-OH is 1. The van der Waals surface area contributed by atoms with Gasteiger partial charge in [-0.25, -0.2) is 0 Å². The Morgan fingerprint density at radius 3 is 2.00 bits per heavy atom. The highest BCUT2D eigenvalue weighted by Crippen LogP contribution is 2.01. The van der Waals surface area contributed by atoms with Crippen LogP contribution in [0.2, 0.25) is 0 Å². The predicted octanol–water partition coefficient (Wildman–Crippen LogP) is 0.844. The Balaban J connectivity index is 3.60. The van der Waals surface area contributed by atoms with E-state index in [9.17, 15) is 0 Å². The molecule has 1 N–H and O–H groups in total. The second kappa shape index (κ2) is 4.66. The van der Waals surface area contributed by atoms with Crippen molar-refractivity contribution in [2.45, 2.75) is 27.0 Å². The maximum Gasteiger partial charge on any atom is 0.127 e. The van der Waals surface area contributed by atoms with Gasteiger partial charge in [0.2, 0.25) is 0 Å². The van der Waals surface area contributed by atoms with E-state index in [0.717, 1.165) is 6.54 Å². The van der Waals surface area contributed by atoms with E-state index in [0.29, 0.717) is 5.92 Å². The van der Waals surface area contributed by atoms with Gasteiger partial charge in [-0.05, 0) is 12.8 Å². The van der Waals surface area contributed by atoms with Crippen LogP contribution in [0.3, 0.4) is 0 Å². The molecule has 0 radical (unpaired) electrons. The van der Waals surface area contributed by atoms with Gasteiger partial charge >= 0.3 is 0 Å². The molecule has 0 saturated carbocycles. The predicted molar refractivity (Wildman–Crippen MR) is 40.2 cm³/mol. The summed E-state index contributed by atoms with van der Waals surface area (Å²) in [5, 5.41) is 10.6. The molecule has 0 amide bonds. The molecule has 0 fully saturated rings. The molecule has 0 bridgehead atoms. The van der Waals surface area contributed by atoms with Gasteiger partial charge in [0.25, 0.3) is 0 Å². The van der Waals surface area contributed by atoms with Gasteiger partial charge in [0, 0.05) is 6.54 Å². The van der Waals surface area contributed by atoms with Crippen LogP contribution < -0.4 is 0 Å². The molecule has 1 atom stereocenters. The molecule has 0 aromatic carbocycles. The number of hydrogen-bond acceptors (Lipinski definition) is 3. The lowest BCUT2D eigenvalue weighted by Crippen LogP contribution is -2.34. The van der Waals surface area contributed by atoms with Gasteiger partial charge in [0.15, 0.2) is 0 Å². The summed E-state index contributed by atoms with van der Waals surface area (Å²) in [6.07, 6.45) is -0.521. The van der Waals surface area contributed by atoms with Crippen LogP contribution in [0.25, 0.3) is 0 Å². The Morgan fingerprint density at radius 2 is 1.90 bits per heavy atom. The van der Waals surface area contributed by atoms with Crippen LogP contribution in [0.1, 0.15) is 20.8 Å². The first-order valence-electron chi connectivity index (χ1n) is 3.56. The third-order valence-corrected chi connectivity index (χ3v) is 1.20. The van der Waals surface area contributed by atoms with Crippen molar-refractivity contribution in [1.82, 2.24) is 5.06 Å². The van der Waals surface area contributed by atoms with E-state index in [4.69, 9.17) is 9.94 Å². The molecule has 0 saturated heterocycles. The molecule has 0 aliphatic rings. The third kappa shape index (κ3) is 3.82. The first kappa shape index (κ1) is 9.88. The van der Waals surface area contributed by atoms with Gasteiger partial charge in [-0.1, -0.05) is 13.8 Å². The number of rotatable bonds is 4. The quantitative estimate of drug-likeness (QED) is 0.472. The summed E-state index contributed by atoms with van der Waals surface area (Å²) < 4.78 is 0.